The molecule has 3 heteroatoms. The van der Waals surface area contributed by atoms with E-state index in [0.717, 1.165) is 22.2 Å². The van der Waals surface area contributed by atoms with Crippen molar-refractivity contribution >= 4 is 15.9 Å². The van der Waals surface area contributed by atoms with E-state index in [1.54, 1.807) is 0 Å². The molecular formula is C16H15BrO2. The van der Waals surface area contributed by atoms with Gasteiger partial charge in [0.1, 0.15) is 5.75 Å². The van der Waals surface area contributed by atoms with E-state index < -0.39 is 0 Å². The fourth-order valence-electron chi connectivity index (χ4n) is 2.47. The fourth-order valence-corrected chi connectivity index (χ4v) is 2.84. The summed E-state index contributed by atoms with van der Waals surface area (Å²) in [5.41, 5.74) is 3.69. The first-order chi connectivity index (χ1) is 9.28. The summed E-state index contributed by atoms with van der Waals surface area (Å²) in [7, 11) is 0. The van der Waals surface area contributed by atoms with Gasteiger partial charge in [-0.15, -0.1) is 0 Å². The maximum absolute atomic E-state index is 9.22. The molecule has 0 fully saturated rings. The van der Waals surface area contributed by atoms with Crippen LogP contribution in [-0.2, 0) is 13.0 Å². The number of hydrogen-bond donors (Lipinski definition) is 1. The Morgan fingerprint density at radius 3 is 2.84 bits per heavy atom. The second kappa shape index (κ2) is 5.35. The summed E-state index contributed by atoms with van der Waals surface area (Å²) in [4.78, 5) is 0. The van der Waals surface area contributed by atoms with Crippen LogP contribution in [0.5, 0.6) is 5.75 Å². The summed E-state index contributed by atoms with van der Waals surface area (Å²) in [6.45, 7) is 0.716. The number of ether oxygens (including phenoxy) is 1. The Balaban J connectivity index is 1.65. The van der Waals surface area contributed by atoms with Gasteiger partial charge in [-0.2, -0.15) is 0 Å². The van der Waals surface area contributed by atoms with E-state index in [9.17, 15) is 5.11 Å². The van der Waals surface area contributed by atoms with Gasteiger partial charge in [0.2, 0.25) is 0 Å². The number of fused-ring (bicyclic) bond motifs is 1. The zero-order valence-electron chi connectivity index (χ0n) is 10.5. The fraction of sp³-hybridized carbons (Fsp3) is 0.250. The van der Waals surface area contributed by atoms with Crippen LogP contribution in [0.25, 0.3) is 0 Å². The highest BCUT2D eigenvalue weighted by Gasteiger charge is 2.25. The van der Waals surface area contributed by atoms with Gasteiger partial charge in [-0.1, -0.05) is 40.2 Å². The Kier molecular flexibility index (Phi) is 3.58. The zero-order chi connectivity index (χ0) is 13.2. The van der Waals surface area contributed by atoms with Crippen molar-refractivity contribution in [3.05, 3.63) is 63.6 Å². The number of aliphatic hydroxyl groups excluding tert-OH is 1. The monoisotopic (exact) mass is 318 g/mol. The van der Waals surface area contributed by atoms with Gasteiger partial charge in [0.15, 0.2) is 0 Å². The highest BCUT2D eigenvalue weighted by atomic mass is 79.9. The molecule has 1 aliphatic carbocycles. The average Bonchev–Trinajstić information content (AvgIpc) is 2.41. The first kappa shape index (κ1) is 12.7. The topological polar surface area (TPSA) is 29.5 Å². The van der Waals surface area contributed by atoms with Crippen molar-refractivity contribution in [1.82, 2.24) is 0 Å². The van der Waals surface area contributed by atoms with Crippen LogP contribution in [-0.4, -0.2) is 11.7 Å². The van der Waals surface area contributed by atoms with Crippen molar-refractivity contribution in [3.8, 4) is 5.75 Å². The minimum atomic E-state index is 0.0179. The van der Waals surface area contributed by atoms with Gasteiger partial charge < -0.3 is 9.84 Å². The maximum atomic E-state index is 9.22. The molecule has 1 N–H and O–H groups in total. The SMILES string of the molecule is OCc1cc(OCC2Cc3ccccc32)ccc1Br. The first-order valence-corrected chi connectivity index (χ1v) is 7.17. The van der Waals surface area contributed by atoms with E-state index >= 15 is 0 Å². The standard InChI is InChI=1S/C16H15BrO2/c17-16-6-5-14(8-12(16)9-18)19-10-13-7-11-3-1-2-4-15(11)13/h1-6,8,13,18H,7,9-10H2. The van der Waals surface area contributed by atoms with Crippen LogP contribution < -0.4 is 4.74 Å². The van der Waals surface area contributed by atoms with Gasteiger partial charge >= 0.3 is 0 Å². The van der Waals surface area contributed by atoms with Gasteiger partial charge in [-0.25, -0.2) is 0 Å². The molecule has 1 unspecified atom stereocenters. The summed E-state index contributed by atoms with van der Waals surface area (Å²) in [5.74, 6) is 1.31. The normalized spacial score (nSPS) is 16.6. The Morgan fingerprint density at radius 1 is 1.21 bits per heavy atom. The molecule has 2 aromatic carbocycles. The van der Waals surface area contributed by atoms with E-state index in [-0.39, 0.29) is 6.61 Å². The van der Waals surface area contributed by atoms with E-state index in [1.807, 2.05) is 18.2 Å². The Hall–Kier alpha value is -1.32. The van der Waals surface area contributed by atoms with Crippen LogP contribution in [0.3, 0.4) is 0 Å². The number of halogens is 1. The molecule has 0 saturated heterocycles. The van der Waals surface area contributed by atoms with E-state index in [0.29, 0.717) is 12.5 Å². The van der Waals surface area contributed by atoms with Crippen molar-refractivity contribution in [3.63, 3.8) is 0 Å². The van der Waals surface area contributed by atoms with Crippen molar-refractivity contribution in [1.29, 1.82) is 0 Å². The zero-order valence-corrected chi connectivity index (χ0v) is 12.1. The molecule has 98 valence electrons. The summed E-state index contributed by atoms with van der Waals surface area (Å²) in [5, 5.41) is 9.22. The molecule has 0 heterocycles. The highest BCUT2D eigenvalue weighted by Crippen LogP contribution is 2.35. The summed E-state index contributed by atoms with van der Waals surface area (Å²) >= 11 is 3.40. The molecule has 0 amide bonds. The second-order valence-electron chi connectivity index (χ2n) is 4.82. The second-order valence-corrected chi connectivity index (χ2v) is 5.68. The lowest BCUT2D eigenvalue weighted by Crippen LogP contribution is -2.23. The molecule has 19 heavy (non-hydrogen) atoms. The van der Waals surface area contributed by atoms with Gasteiger partial charge in [-0.3, -0.25) is 0 Å². The quantitative estimate of drug-likeness (QED) is 0.932. The van der Waals surface area contributed by atoms with Crippen molar-refractivity contribution in [2.75, 3.05) is 6.61 Å². The van der Waals surface area contributed by atoms with Crippen LogP contribution in [0.4, 0.5) is 0 Å². The third-order valence-electron chi connectivity index (χ3n) is 3.60. The van der Waals surface area contributed by atoms with Gasteiger partial charge in [-0.05, 0) is 41.3 Å². The molecule has 1 atom stereocenters. The molecule has 1 aliphatic rings. The maximum Gasteiger partial charge on any atom is 0.119 e. The van der Waals surface area contributed by atoms with Crippen LogP contribution in [0, 0.1) is 0 Å². The number of hydrogen-bond acceptors (Lipinski definition) is 2. The Bertz CT molecular complexity index is 595. The summed E-state index contributed by atoms with van der Waals surface area (Å²) in [6.07, 6.45) is 1.10. The molecule has 3 rings (SSSR count). The largest absolute Gasteiger partial charge is 0.493 e. The molecule has 2 aromatic rings. The third kappa shape index (κ3) is 2.53. The van der Waals surface area contributed by atoms with Crippen LogP contribution in [0.15, 0.2) is 46.9 Å². The lowest BCUT2D eigenvalue weighted by Gasteiger charge is -2.29. The van der Waals surface area contributed by atoms with Crippen molar-refractivity contribution < 1.29 is 9.84 Å². The lowest BCUT2D eigenvalue weighted by molar-refractivity contribution is 0.268. The van der Waals surface area contributed by atoms with E-state index in [4.69, 9.17) is 4.74 Å². The smallest absolute Gasteiger partial charge is 0.119 e. The number of benzene rings is 2. The summed E-state index contributed by atoms with van der Waals surface area (Å²) in [6, 6.07) is 14.2. The molecule has 0 bridgehead atoms. The Labute approximate surface area is 121 Å². The van der Waals surface area contributed by atoms with Gasteiger partial charge in [0.05, 0.1) is 13.2 Å². The molecule has 2 nitrogen and oxygen atoms in total. The van der Waals surface area contributed by atoms with Crippen molar-refractivity contribution in [2.45, 2.75) is 18.9 Å². The summed E-state index contributed by atoms with van der Waals surface area (Å²) < 4.78 is 6.75. The third-order valence-corrected chi connectivity index (χ3v) is 4.37. The van der Waals surface area contributed by atoms with E-state index in [2.05, 4.69) is 40.2 Å². The predicted molar refractivity (Wildman–Crippen MR) is 78.4 cm³/mol. The van der Waals surface area contributed by atoms with Crippen LogP contribution >= 0.6 is 15.9 Å². The molecular weight excluding hydrogens is 304 g/mol. The van der Waals surface area contributed by atoms with E-state index in [1.165, 1.54) is 11.1 Å². The lowest BCUT2D eigenvalue weighted by atomic mass is 9.78. The van der Waals surface area contributed by atoms with Gasteiger partial charge in [0, 0.05) is 10.4 Å². The molecule has 0 aliphatic heterocycles. The Morgan fingerprint density at radius 2 is 2.05 bits per heavy atom. The highest BCUT2D eigenvalue weighted by molar-refractivity contribution is 9.10. The number of aliphatic hydroxyl groups is 1. The minimum absolute atomic E-state index is 0.0179. The van der Waals surface area contributed by atoms with Crippen LogP contribution in [0.2, 0.25) is 0 Å². The predicted octanol–water partition coefficient (Wildman–Crippen LogP) is 3.66. The molecule has 0 aromatic heterocycles. The first-order valence-electron chi connectivity index (χ1n) is 6.38. The molecule has 0 radical (unpaired) electrons. The van der Waals surface area contributed by atoms with Crippen LogP contribution in [0.1, 0.15) is 22.6 Å². The minimum Gasteiger partial charge on any atom is -0.493 e. The average molecular weight is 319 g/mol. The number of rotatable bonds is 4. The molecule has 0 saturated carbocycles. The van der Waals surface area contributed by atoms with Crippen molar-refractivity contribution in [2.24, 2.45) is 0 Å². The van der Waals surface area contributed by atoms with Gasteiger partial charge in [0.25, 0.3) is 0 Å². The molecule has 0 spiro atoms.